The number of carbonyl (C=O) groups is 1. The first-order chi connectivity index (χ1) is 13.9. The van der Waals surface area contributed by atoms with Crippen LogP contribution in [-0.2, 0) is 6.54 Å². The second-order valence-corrected chi connectivity index (χ2v) is 7.41. The number of nitrogens with zero attached hydrogens (tertiary/aromatic N) is 2. The molecule has 0 aliphatic rings. The van der Waals surface area contributed by atoms with Gasteiger partial charge in [0.2, 0.25) is 0 Å². The Morgan fingerprint density at radius 2 is 1.76 bits per heavy atom. The minimum atomic E-state index is -0.262. The van der Waals surface area contributed by atoms with E-state index in [2.05, 4.69) is 53.5 Å². The molecular weight excluding hydrogens is 366 g/mol. The Balaban J connectivity index is 1.78. The van der Waals surface area contributed by atoms with Crippen molar-refractivity contribution in [2.45, 2.75) is 46.3 Å². The molecule has 0 fully saturated rings. The molecule has 0 aliphatic heterocycles. The van der Waals surface area contributed by atoms with Crippen molar-refractivity contribution in [3.63, 3.8) is 0 Å². The standard InChI is InChI=1S/C22H33N5O2/c1-16(2)27(17(3)4)13-12-24-22(23-5)25-15-18-8-10-19(11-9-18)26-21(28)20-7-6-14-29-20/h6-11,14,16-17H,12-13,15H2,1-5H3,(H,26,28)(H2,23,24,25). The van der Waals surface area contributed by atoms with E-state index in [0.29, 0.717) is 24.4 Å². The molecule has 1 aromatic heterocycles. The zero-order valence-electron chi connectivity index (χ0n) is 18.0. The van der Waals surface area contributed by atoms with Gasteiger partial charge >= 0.3 is 0 Å². The molecule has 29 heavy (non-hydrogen) atoms. The van der Waals surface area contributed by atoms with Crippen LogP contribution in [0.15, 0.2) is 52.1 Å². The Morgan fingerprint density at radius 1 is 1.07 bits per heavy atom. The van der Waals surface area contributed by atoms with Gasteiger partial charge in [0.05, 0.1) is 6.26 Å². The molecule has 1 heterocycles. The number of rotatable bonds is 9. The van der Waals surface area contributed by atoms with E-state index in [1.807, 2.05) is 24.3 Å². The van der Waals surface area contributed by atoms with Gasteiger partial charge in [0.15, 0.2) is 11.7 Å². The fourth-order valence-electron chi connectivity index (χ4n) is 3.13. The number of nitrogens with one attached hydrogen (secondary N) is 3. The van der Waals surface area contributed by atoms with Crippen molar-refractivity contribution in [3.8, 4) is 0 Å². The zero-order valence-corrected chi connectivity index (χ0v) is 18.0. The van der Waals surface area contributed by atoms with E-state index in [1.54, 1.807) is 19.2 Å². The SMILES string of the molecule is CN=C(NCCN(C(C)C)C(C)C)NCc1ccc(NC(=O)c2ccco2)cc1. The van der Waals surface area contributed by atoms with E-state index in [0.717, 1.165) is 30.3 Å². The number of carbonyl (C=O) groups excluding carboxylic acids is 1. The summed E-state index contributed by atoms with van der Waals surface area (Å²) in [5.74, 6) is 0.800. The number of hydrogen-bond acceptors (Lipinski definition) is 4. The van der Waals surface area contributed by atoms with E-state index in [9.17, 15) is 4.79 Å². The minimum absolute atomic E-state index is 0.262. The molecular formula is C22H33N5O2. The molecule has 3 N–H and O–H groups in total. The second kappa shape index (κ2) is 11.3. The van der Waals surface area contributed by atoms with Gasteiger partial charge < -0.3 is 20.4 Å². The molecule has 0 saturated carbocycles. The third-order valence-corrected chi connectivity index (χ3v) is 4.63. The highest BCUT2D eigenvalue weighted by atomic mass is 16.3. The number of benzene rings is 1. The van der Waals surface area contributed by atoms with Gasteiger partial charge in [-0.2, -0.15) is 0 Å². The lowest BCUT2D eigenvalue weighted by Gasteiger charge is -2.30. The summed E-state index contributed by atoms with van der Waals surface area (Å²) in [5, 5.41) is 9.49. The van der Waals surface area contributed by atoms with Crippen LogP contribution in [0.3, 0.4) is 0 Å². The molecule has 1 aromatic carbocycles. The van der Waals surface area contributed by atoms with Crippen molar-refractivity contribution in [2.24, 2.45) is 4.99 Å². The molecule has 0 bridgehead atoms. The highest BCUT2D eigenvalue weighted by molar-refractivity contribution is 6.02. The lowest BCUT2D eigenvalue weighted by atomic mass is 10.2. The summed E-state index contributed by atoms with van der Waals surface area (Å²) >= 11 is 0. The van der Waals surface area contributed by atoms with E-state index < -0.39 is 0 Å². The molecule has 0 radical (unpaired) electrons. The molecule has 0 saturated heterocycles. The third-order valence-electron chi connectivity index (χ3n) is 4.63. The van der Waals surface area contributed by atoms with E-state index in [4.69, 9.17) is 4.42 Å². The van der Waals surface area contributed by atoms with E-state index in [1.165, 1.54) is 6.26 Å². The quantitative estimate of drug-likeness (QED) is 0.445. The minimum Gasteiger partial charge on any atom is -0.459 e. The van der Waals surface area contributed by atoms with Crippen LogP contribution in [0.5, 0.6) is 0 Å². The Bertz CT molecular complexity index is 759. The molecule has 0 spiro atoms. The number of hydrogen-bond donors (Lipinski definition) is 3. The summed E-state index contributed by atoms with van der Waals surface area (Å²) in [7, 11) is 1.77. The van der Waals surface area contributed by atoms with Crippen LogP contribution in [0.1, 0.15) is 43.8 Å². The molecule has 0 aliphatic carbocycles. The van der Waals surface area contributed by atoms with Gasteiger partial charge in [-0.15, -0.1) is 0 Å². The van der Waals surface area contributed by atoms with Crippen molar-refractivity contribution in [2.75, 3.05) is 25.5 Å². The van der Waals surface area contributed by atoms with Crippen LogP contribution in [-0.4, -0.2) is 49.0 Å². The van der Waals surface area contributed by atoms with Gasteiger partial charge in [-0.1, -0.05) is 12.1 Å². The largest absolute Gasteiger partial charge is 0.459 e. The van der Waals surface area contributed by atoms with Gasteiger partial charge in [0.25, 0.3) is 5.91 Å². The van der Waals surface area contributed by atoms with Crippen molar-refractivity contribution in [1.29, 1.82) is 0 Å². The highest BCUT2D eigenvalue weighted by Crippen LogP contribution is 2.11. The molecule has 1 amide bonds. The number of aliphatic imine (C=N–C) groups is 1. The molecule has 2 rings (SSSR count). The lowest BCUT2D eigenvalue weighted by molar-refractivity contribution is 0.0996. The van der Waals surface area contributed by atoms with Crippen molar-refractivity contribution >= 4 is 17.6 Å². The van der Waals surface area contributed by atoms with Crippen LogP contribution < -0.4 is 16.0 Å². The van der Waals surface area contributed by atoms with E-state index in [-0.39, 0.29) is 5.91 Å². The molecule has 7 heteroatoms. The van der Waals surface area contributed by atoms with Gasteiger partial charge in [-0.05, 0) is 57.5 Å². The summed E-state index contributed by atoms with van der Waals surface area (Å²) in [6, 6.07) is 12.0. The predicted octanol–water partition coefficient (Wildman–Crippen LogP) is 3.32. The van der Waals surface area contributed by atoms with Crippen LogP contribution >= 0.6 is 0 Å². The maximum absolute atomic E-state index is 12.0. The number of anilines is 1. The Labute approximate surface area is 173 Å². The first kappa shape index (κ1) is 22.5. The molecule has 7 nitrogen and oxygen atoms in total. The van der Waals surface area contributed by atoms with Crippen molar-refractivity contribution in [1.82, 2.24) is 15.5 Å². The van der Waals surface area contributed by atoms with Crippen LogP contribution in [0.25, 0.3) is 0 Å². The topological polar surface area (TPSA) is 81.9 Å². The smallest absolute Gasteiger partial charge is 0.291 e. The summed E-state index contributed by atoms with van der Waals surface area (Å²) in [6.45, 7) is 11.3. The summed E-state index contributed by atoms with van der Waals surface area (Å²) in [6.07, 6.45) is 1.48. The monoisotopic (exact) mass is 399 g/mol. The summed E-state index contributed by atoms with van der Waals surface area (Å²) in [4.78, 5) is 18.7. The average molecular weight is 400 g/mol. The Kier molecular flexibility index (Phi) is 8.73. The van der Waals surface area contributed by atoms with Gasteiger partial charge in [-0.3, -0.25) is 14.7 Å². The number of amides is 1. The van der Waals surface area contributed by atoms with Crippen LogP contribution in [0.2, 0.25) is 0 Å². The van der Waals surface area contributed by atoms with Crippen molar-refractivity contribution in [3.05, 3.63) is 54.0 Å². The molecule has 0 unspecified atom stereocenters. The van der Waals surface area contributed by atoms with Gasteiger partial charge in [-0.25, -0.2) is 0 Å². The summed E-state index contributed by atoms with van der Waals surface area (Å²) in [5.41, 5.74) is 1.81. The summed E-state index contributed by atoms with van der Waals surface area (Å²) < 4.78 is 5.10. The highest BCUT2D eigenvalue weighted by Gasteiger charge is 2.12. The number of furan rings is 1. The van der Waals surface area contributed by atoms with Gasteiger partial charge in [0.1, 0.15) is 0 Å². The molecule has 0 atom stereocenters. The fourth-order valence-corrected chi connectivity index (χ4v) is 3.13. The van der Waals surface area contributed by atoms with Gasteiger partial charge in [0, 0.05) is 44.5 Å². The van der Waals surface area contributed by atoms with E-state index >= 15 is 0 Å². The fraction of sp³-hybridized carbons (Fsp3) is 0.455. The average Bonchev–Trinajstić information content (AvgIpc) is 3.23. The van der Waals surface area contributed by atoms with Crippen molar-refractivity contribution < 1.29 is 9.21 Å². The first-order valence-corrected chi connectivity index (χ1v) is 10.0. The normalized spacial score (nSPS) is 11.9. The van der Waals surface area contributed by atoms with Crippen LogP contribution in [0, 0.1) is 0 Å². The Hall–Kier alpha value is -2.80. The van der Waals surface area contributed by atoms with Crippen LogP contribution in [0.4, 0.5) is 5.69 Å². The number of guanidine groups is 1. The molecule has 2 aromatic rings. The maximum Gasteiger partial charge on any atom is 0.291 e. The first-order valence-electron chi connectivity index (χ1n) is 10.0. The second-order valence-electron chi connectivity index (χ2n) is 7.41. The zero-order chi connectivity index (χ0) is 21.2. The Morgan fingerprint density at radius 3 is 2.31 bits per heavy atom. The predicted molar refractivity (Wildman–Crippen MR) is 118 cm³/mol. The molecule has 158 valence electrons. The third kappa shape index (κ3) is 7.27. The maximum atomic E-state index is 12.0. The lowest BCUT2D eigenvalue weighted by Crippen LogP contribution is -2.45.